The van der Waals surface area contributed by atoms with Gasteiger partial charge in [-0.1, -0.05) is 0 Å². The molecule has 0 amide bonds. The molecule has 0 unspecified atom stereocenters. The van der Waals surface area contributed by atoms with Gasteiger partial charge in [0.1, 0.15) is 11.6 Å². The maximum Gasteiger partial charge on any atom is 0.123 e. The number of rotatable bonds is 5. The van der Waals surface area contributed by atoms with Gasteiger partial charge in [-0.3, -0.25) is 0 Å². The molecule has 1 aromatic heterocycles. The SMILES string of the molecule is C[C@H](N)c1cc(F)ccc1N(Cc1ccco1)C1CC1. The summed E-state index contributed by atoms with van der Waals surface area (Å²) in [4.78, 5) is 2.27. The average Bonchev–Trinajstić information content (AvgIpc) is 3.13. The molecule has 1 aliphatic rings. The van der Waals surface area contributed by atoms with E-state index in [-0.39, 0.29) is 11.9 Å². The van der Waals surface area contributed by atoms with Crippen LogP contribution in [0.4, 0.5) is 10.1 Å². The van der Waals surface area contributed by atoms with Crippen LogP contribution in [-0.2, 0) is 6.54 Å². The molecule has 1 aromatic carbocycles. The van der Waals surface area contributed by atoms with Crippen LogP contribution in [0.5, 0.6) is 0 Å². The highest BCUT2D eigenvalue weighted by molar-refractivity contribution is 5.56. The van der Waals surface area contributed by atoms with Crippen molar-refractivity contribution >= 4 is 5.69 Å². The molecular formula is C16H19FN2O. The first-order valence-electron chi connectivity index (χ1n) is 6.99. The fourth-order valence-electron chi connectivity index (χ4n) is 2.52. The third-order valence-corrected chi connectivity index (χ3v) is 3.68. The number of hydrogen-bond acceptors (Lipinski definition) is 3. The summed E-state index contributed by atoms with van der Waals surface area (Å²) in [5, 5.41) is 0. The molecule has 1 atom stereocenters. The van der Waals surface area contributed by atoms with Crippen LogP contribution in [0.25, 0.3) is 0 Å². The Hall–Kier alpha value is -1.81. The highest BCUT2D eigenvalue weighted by Crippen LogP contribution is 2.36. The second-order valence-electron chi connectivity index (χ2n) is 5.43. The fourth-order valence-corrected chi connectivity index (χ4v) is 2.52. The molecule has 1 saturated carbocycles. The van der Waals surface area contributed by atoms with Gasteiger partial charge < -0.3 is 15.1 Å². The summed E-state index contributed by atoms with van der Waals surface area (Å²) >= 11 is 0. The van der Waals surface area contributed by atoms with E-state index in [4.69, 9.17) is 10.2 Å². The van der Waals surface area contributed by atoms with Gasteiger partial charge in [0.2, 0.25) is 0 Å². The van der Waals surface area contributed by atoms with Crippen molar-refractivity contribution in [2.75, 3.05) is 4.90 Å². The van der Waals surface area contributed by atoms with Crippen molar-refractivity contribution in [3.05, 3.63) is 53.7 Å². The molecule has 2 N–H and O–H groups in total. The van der Waals surface area contributed by atoms with Crippen LogP contribution in [0.2, 0.25) is 0 Å². The molecule has 0 saturated heterocycles. The molecule has 0 bridgehead atoms. The molecule has 1 heterocycles. The summed E-state index contributed by atoms with van der Waals surface area (Å²) in [6.07, 6.45) is 4.00. The van der Waals surface area contributed by atoms with Crippen LogP contribution in [0, 0.1) is 5.82 Å². The molecule has 3 rings (SSSR count). The number of nitrogens with zero attached hydrogens (tertiary/aromatic N) is 1. The Bertz CT molecular complexity index is 576. The fraction of sp³-hybridized carbons (Fsp3) is 0.375. The number of anilines is 1. The zero-order valence-corrected chi connectivity index (χ0v) is 11.6. The molecule has 2 aromatic rings. The summed E-state index contributed by atoms with van der Waals surface area (Å²) in [6.45, 7) is 2.58. The largest absolute Gasteiger partial charge is 0.467 e. The molecule has 1 aliphatic carbocycles. The molecule has 1 fully saturated rings. The molecule has 20 heavy (non-hydrogen) atoms. The lowest BCUT2D eigenvalue weighted by atomic mass is 10.1. The van der Waals surface area contributed by atoms with Gasteiger partial charge in [0.05, 0.1) is 12.8 Å². The van der Waals surface area contributed by atoms with Gasteiger partial charge in [-0.05, 0) is 55.7 Å². The number of hydrogen-bond donors (Lipinski definition) is 1. The predicted molar refractivity (Wildman–Crippen MR) is 76.9 cm³/mol. The van der Waals surface area contributed by atoms with E-state index in [0.29, 0.717) is 12.6 Å². The first kappa shape index (κ1) is 13.2. The van der Waals surface area contributed by atoms with E-state index in [0.717, 1.165) is 29.9 Å². The first-order valence-corrected chi connectivity index (χ1v) is 6.99. The van der Waals surface area contributed by atoms with E-state index < -0.39 is 0 Å². The van der Waals surface area contributed by atoms with Crippen molar-refractivity contribution in [3.8, 4) is 0 Å². The molecule has 0 aliphatic heterocycles. The minimum absolute atomic E-state index is 0.196. The zero-order valence-electron chi connectivity index (χ0n) is 11.6. The molecular weight excluding hydrogens is 255 g/mol. The van der Waals surface area contributed by atoms with Gasteiger partial charge >= 0.3 is 0 Å². The number of benzene rings is 1. The van der Waals surface area contributed by atoms with E-state index >= 15 is 0 Å². The monoisotopic (exact) mass is 274 g/mol. The van der Waals surface area contributed by atoms with Crippen molar-refractivity contribution in [1.29, 1.82) is 0 Å². The molecule has 106 valence electrons. The third-order valence-electron chi connectivity index (χ3n) is 3.68. The lowest BCUT2D eigenvalue weighted by Gasteiger charge is -2.27. The van der Waals surface area contributed by atoms with Gasteiger partial charge in [0.25, 0.3) is 0 Å². The number of nitrogens with two attached hydrogens (primary N) is 1. The van der Waals surface area contributed by atoms with Crippen LogP contribution >= 0.6 is 0 Å². The van der Waals surface area contributed by atoms with Crippen molar-refractivity contribution in [3.63, 3.8) is 0 Å². The predicted octanol–water partition coefficient (Wildman–Crippen LogP) is 3.61. The smallest absolute Gasteiger partial charge is 0.123 e. The molecule has 0 radical (unpaired) electrons. The van der Waals surface area contributed by atoms with Crippen LogP contribution in [0.3, 0.4) is 0 Å². The second kappa shape index (κ2) is 5.29. The Kier molecular flexibility index (Phi) is 3.49. The topological polar surface area (TPSA) is 42.4 Å². The minimum Gasteiger partial charge on any atom is -0.467 e. The summed E-state index contributed by atoms with van der Waals surface area (Å²) in [5.41, 5.74) is 7.86. The summed E-state index contributed by atoms with van der Waals surface area (Å²) < 4.78 is 18.9. The second-order valence-corrected chi connectivity index (χ2v) is 5.43. The zero-order chi connectivity index (χ0) is 14.1. The number of halogens is 1. The summed E-state index contributed by atoms with van der Waals surface area (Å²) in [7, 11) is 0. The standard InChI is InChI=1S/C16H19FN2O/c1-11(18)15-9-12(17)4-7-16(15)19(13-5-6-13)10-14-3-2-8-20-14/h2-4,7-9,11,13H,5-6,10,18H2,1H3/t11-/m0/s1. The maximum atomic E-state index is 13.5. The Morgan fingerprint density at radius 3 is 2.80 bits per heavy atom. The van der Waals surface area contributed by atoms with Gasteiger partial charge in [0, 0.05) is 17.8 Å². The normalized spacial score (nSPS) is 16.1. The van der Waals surface area contributed by atoms with E-state index in [2.05, 4.69) is 4.90 Å². The molecule has 3 nitrogen and oxygen atoms in total. The van der Waals surface area contributed by atoms with Gasteiger partial charge in [-0.25, -0.2) is 4.39 Å². The van der Waals surface area contributed by atoms with Crippen LogP contribution in [0.15, 0.2) is 41.0 Å². The van der Waals surface area contributed by atoms with E-state index in [1.54, 1.807) is 6.26 Å². The molecule has 4 heteroatoms. The Morgan fingerprint density at radius 2 is 2.20 bits per heavy atom. The Balaban J connectivity index is 1.95. The van der Waals surface area contributed by atoms with Crippen LogP contribution in [-0.4, -0.2) is 6.04 Å². The average molecular weight is 274 g/mol. The van der Waals surface area contributed by atoms with E-state index in [1.807, 2.05) is 25.1 Å². The van der Waals surface area contributed by atoms with Crippen molar-refractivity contribution < 1.29 is 8.81 Å². The van der Waals surface area contributed by atoms with Gasteiger partial charge in [-0.15, -0.1) is 0 Å². The third kappa shape index (κ3) is 2.70. The van der Waals surface area contributed by atoms with E-state index in [9.17, 15) is 4.39 Å². The Labute approximate surface area is 118 Å². The molecule has 0 spiro atoms. The minimum atomic E-state index is -0.241. The lowest BCUT2D eigenvalue weighted by Crippen LogP contribution is -2.27. The first-order chi connectivity index (χ1) is 9.65. The lowest BCUT2D eigenvalue weighted by molar-refractivity contribution is 0.500. The van der Waals surface area contributed by atoms with Gasteiger partial charge in [-0.2, -0.15) is 0 Å². The Morgan fingerprint density at radius 1 is 1.40 bits per heavy atom. The van der Waals surface area contributed by atoms with Crippen molar-refractivity contribution in [1.82, 2.24) is 0 Å². The maximum absolute atomic E-state index is 13.5. The van der Waals surface area contributed by atoms with Crippen molar-refractivity contribution in [2.24, 2.45) is 5.73 Å². The quantitative estimate of drug-likeness (QED) is 0.905. The number of furan rings is 1. The highest BCUT2D eigenvalue weighted by atomic mass is 19.1. The summed E-state index contributed by atoms with van der Waals surface area (Å²) in [5.74, 6) is 0.673. The van der Waals surface area contributed by atoms with Crippen LogP contribution in [0.1, 0.15) is 37.1 Å². The van der Waals surface area contributed by atoms with Crippen molar-refractivity contribution in [2.45, 2.75) is 38.4 Å². The highest BCUT2D eigenvalue weighted by Gasteiger charge is 2.31. The summed E-state index contributed by atoms with van der Waals surface area (Å²) in [6, 6.07) is 9.02. The van der Waals surface area contributed by atoms with Crippen LogP contribution < -0.4 is 10.6 Å². The van der Waals surface area contributed by atoms with E-state index in [1.165, 1.54) is 12.1 Å². The van der Waals surface area contributed by atoms with Gasteiger partial charge in [0.15, 0.2) is 0 Å².